The van der Waals surface area contributed by atoms with E-state index in [1.165, 1.54) is 0 Å². The minimum atomic E-state index is -0.108. The number of aryl methyl sites for hydroxylation is 1. The molecule has 0 radical (unpaired) electrons. The van der Waals surface area contributed by atoms with Gasteiger partial charge < -0.3 is 11.5 Å². The molecule has 2 nitrogen and oxygen atoms in total. The average Bonchev–Trinajstić information content (AvgIpc) is 2.08. The summed E-state index contributed by atoms with van der Waals surface area (Å²) in [5.74, 6) is 0. The van der Waals surface area contributed by atoms with Crippen LogP contribution in [0.3, 0.4) is 0 Å². The van der Waals surface area contributed by atoms with Gasteiger partial charge in [0.25, 0.3) is 0 Å². The summed E-state index contributed by atoms with van der Waals surface area (Å²) in [4.78, 5) is 0. The highest BCUT2D eigenvalue weighted by Gasteiger charge is 2.04. The number of nitrogens with two attached hydrogens (primary N) is 2. The number of halogens is 1. The highest BCUT2D eigenvalue weighted by Crippen LogP contribution is 2.19. The standard InChI is InChI=1S/C9H13ClN2/c1-6-2-3-7(4-8(6)10)9(12)5-11/h2-4,9H,5,11-12H2,1H3/t9-/m1/s1. The largest absolute Gasteiger partial charge is 0.329 e. The van der Waals surface area contributed by atoms with E-state index in [4.69, 9.17) is 23.1 Å². The third kappa shape index (κ3) is 1.97. The Morgan fingerprint density at radius 2 is 2.17 bits per heavy atom. The van der Waals surface area contributed by atoms with Crippen LogP contribution in [0.2, 0.25) is 5.02 Å². The summed E-state index contributed by atoms with van der Waals surface area (Å²) in [6.07, 6.45) is 0. The Balaban J connectivity index is 2.96. The number of hydrogen-bond acceptors (Lipinski definition) is 2. The Morgan fingerprint density at radius 3 is 2.67 bits per heavy atom. The van der Waals surface area contributed by atoms with Crippen molar-refractivity contribution >= 4 is 11.6 Å². The van der Waals surface area contributed by atoms with Crippen LogP contribution in [-0.2, 0) is 0 Å². The van der Waals surface area contributed by atoms with Gasteiger partial charge in [0.2, 0.25) is 0 Å². The first-order chi connectivity index (χ1) is 5.65. The van der Waals surface area contributed by atoms with Gasteiger partial charge in [0.15, 0.2) is 0 Å². The molecule has 1 aromatic rings. The summed E-state index contributed by atoms with van der Waals surface area (Å²) in [6, 6.07) is 5.67. The third-order valence-electron chi connectivity index (χ3n) is 1.88. The van der Waals surface area contributed by atoms with Crippen molar-refractivity contribution in [3.05, 3.63) is 34.3 Å². The molecule has 1 atom stereocenters. The van der Waals surface area contributed by atoms with Gasteiger partial charge in [0.05, 0.1) is 0 Å². The molecule has 0 saturated heterocycles. The van der Waals surface area contributed by atoms with Crippen LogP contribution in [0, 0.1) is 6.92 Å². The van der Waals surface area contributed by atoms with Crippen molar-refractivity contribution in [2.24, 2.45) is 11.5 Å². The quantitative estimate of drug-likeness (QED) is 0.734. The van der Waals surface area contributed by atoms with Gasteiger partial charge in [-0.1, -0.05) is 23.7 Å². The molecule has 1 rings (SSSR count). The van der Waals surface area contributed by atoms with Gasteiger partial charge in [0, 0.05) is 17.6 Å². The van der Waals surface area contributed by atoms with Crippen LogP contribution in [0.5, 0.6) is 0 Å². The normalized spacial score (nSPS) is 13.0. The Bertz CT molecular complexity index is 273. The molecule has 0 amide bonds. The van der Waals surface area contributed by atoms with Crippen LogP contribution in [0.4, 0.5) is 0 Å². The second-order valence-corrected chi connectivity index (χ2v) is 3.26. The van der Waals surface area contributed by atoms with Gasteiger partial charge in [-0.15, -0.1) is 0 Å². The van der Waals surface area contributed by atoms with E-state index >= 15 is 0 Å². The van der Waals surface area contributed by atoms with E-state index in [9.17, 15) is 0 Å². The summed E-state index contributed by atoms with van der Waals surface area (Å²) >= 11 is 5.92. The zero-order chi connectivity index (χ0) is 9.14. The first-order valence-corrected chi connectivity index (χ1v) is 4.24. The minimum Gasteiger partial charge on any atom is -0.329 e. The van der Waals surface area contributed by atoms with Crippen molar-refractivity contribution in [1.29, 1.82) is 0 Å². The molecule has 0 heterocycles. The van der Waals surface area contributed by atoms with Gasteiger partial charge >= 0.3 is 0 Å². The van der Waals surface area contributed by atoms with Crippen LogP contribution in [-0.4, -0.2) is 6.54 Å². The Morgan fingerprint density at radius 1 is 1.50 bits per heavy atom. The first kappa shape index (κ1) is 9.52. The van der Waals surface area contributed by atoms with Crippen molar-refractivity contribution in [3.8, 4) is 0 Å². The van der Waals surface area contributed by atoms with Crippen molar-refractivity contribution < 1.29 is 0 Å². The molecule has 0 aromatic heterocycles. The molecule has 0 aliphatic rings. The summed E-state index contributed by atoms with van der Waals surface area (Å²) in [6.45, 7) is 2.40. The van der Waals surface area contributed by atoms with E-state index in [-0.39, 0.29) is 6.04 Å². The highest BCUT2D eigenvalue weighted by molar-refractivity contribution is 6.31. The maximum Gasteiger partial charge on any atom is 0.0438 e. The first-order valence-electron chi connectivity index (χ1n) is 3.87. The van der Waals surface area contributed by atoms with Crippen LogP contribution in [0.25, 0.3) is 0 Å². The zero-order valence-corrected chi connectivity index (χ0v) is 7.81. The molecule has 0 fully saturated rings. The summed E-state index contributed by atoms with van der Waals surface area (Å²) in [5.41, 5.74) is 13.2. The Hall–Kier alpha value is -0.570. The fourth-order valence-corrected chi connectivity index (χ4v) is 1.16. The summed E-state index contributed by atoms with van der Waals surface area (Å²) in [7, 11) is 0. The lowest BCUT2D eigenvalue weighted by Gasteiger charge is -2.09. The molecule has 3 heteroatoms. The van der Waals surface area contributed by atoms with Gasteiger partial charge in [-0.05, 0) is 24.1 Å². The van der Waals surface area contributed by atoms with Gasteiger partial charge in [-0.25, -0.2) is 0 Å². The Labute approximate surface area is 77.5 Å². The minimum absolute atomic E-state index is 0.108. The molecule has 4 N–H and O–H groups in total. The SMILES string of the molecule is Cc1ccc([C@H](N)CN)cc1Cl. The molecule has 0 aliphatic carbocycles. The monoisotopic (exact) mass is 184 g/mol. The lowest BCUT2D eigenvalue weighted by Crippen LogP contribution is -2.20. The van der Waals surface area contributed by atoms with Crippen LogP contribution >= 0.6 is 11.6 Å². The van der Waals surface area contributed by atoms with Gasteiger partial charge in [-0.2, -0.15) is 0 Å². The van der Waals surface area contributed by atoms with Crippen LogP contribution < -0.4 is 11.5 Å². The smallest absolute Gasteiger partial charge is 0.0438 e. The van der Waals surface area contributed by atoms with E-state index in [1.54, 1.807) is 0 Å². The van der Waals surface area contributed by atoms with E-state index in [1.807, 2.05) is 25.1 Å². The molecule has 0 spiro atoms. The molecule has 0 bridgehead atoms. The maximum absolute atomic E-state index is 5.92. The van der Waals surface area contributed by atoms with Gasteiger partial charge in [-0.3, -0.25) is 0 Å². The maximum atomic E-state index is 5.92. The molecule has 66 valence electrons. The summed E-state index contributed by atoms with van der Waals surface area (Å²) < 4.78 is 0. The number of rotatable bonds is 2. The molecular formula is C9H13ClN2. The molecule has 0 saturated carbocycles. The number of benzene rings is 1. The fourth-order valence-electron chi connectivity index (χ4n) is 0.976. The van der Waals surface area contributed by atoms with Crippen molar-refractivity contribution in [2.75, 3.05) is 6.54 Å². The van der Waals surface area contributed by atoms with E-state index in [0.717, 1.165) is 16.1 Å². The molecule has 12 heavy (non-hydrogen) atoms. The predicted molar refractivity (Wildman–Crippen MR) is 52.2 cm³/mol. The van der Waals surface area contributed by atoms with E-state index in [0.29, 0.717) is 6.54 Å². The zero-order valence-electron chi connectivity index (χ0n) is 7.05. The lowest BCUT2D eigenvalue weighted by atomic mass is 10.1. The van der Waals surface area contributed by atoms with Crippen molar-refractivity contribution in [1.82, 2.24) is 0 Å². The second kappa shape index (κ2) is 3.90. The van der Waals surface area contributed by atoms with Gasteiger partial charge in [0.1, 0.15) is 0 Å². The van der Waals surface area contributed by atoms with Crippen LogP contribution in [0.1, 0.15) is 17.2 Å². The molecule has 1 aromatic carbocycles. The number of hydrogen-bond donors (Lipinski definition) is 2. The molecule has 0 aliphatic heterocycles. The third-order valence-corrected chi connectivity index (χ3v) is 2.29. The van der Waals surface area contributed by atoms with Crippen molar-refractivity contribution in [2.45, 2.75) is 13.0 Å². The highest BCUT2D eigenvalue weighted by atomic mass is 35.5. The van der Waals surface area contributed by atoms with Crippen molar-refractivity contribution in [3.63, 3.8) is 0 Å². The van der Waals surface area contributed by atoms with E-state index < -0.39 is 0 Å². The fraction of sp³-hybridized carbons (Fsp3) is 0.333. The predicted octanol–water partition coefficient (Wildman–Crippen LogP) is 1.61. The average molecular weight is 185 g/mol. The Kier molecular flexibility index (Phi) is 3.09. The molecule has 0 unspecified atom stereocenters. The van der Waals surface area contributed by atoms with E-state index in [2.05, 4.69) is 0 Å². The second-order valence-electron chi connectivity index (χ2n) is 2.85. The summed E-state index contributed by atoms with van der Waals surface area (Å²) in [5, 5.41) is 0.747. The lowest BCUT2D eigenvalue weighted by molar-refractivity contribution is 0.737. The van der Waals surface area contributed by atoms with Crippen LogP contribution in [0.15, 0.2) is 18.2 Å². The molecular weight excluding hydrogens is 172 g/mol. The topological polar surface area (TPSA) is 52.0 Å².